The summed E-state index contributed by atoms with van der Waals surface area (Å²) in [4.78, 5) is 16.6. The zero-order valence-corrected chi connectivity index (χ0v) is 12.8. The van der Waals surface area contributed by atoms with Crippen LogP contribution in [0.3, 0.4) is 0 Å². The molecular formula is C15H23NO2S. The van der Waals surface area contributed by atoms with Crippen molar-refractivity contribution in [3.8, 4) is 0 Å². The third kappa shape index (κ3) is 3.18. The van der Waals surface area contributed by atoms with E-state index >= 15 is 0 Å². The minimum absolute atomic E-state index is 0.137. The standard InChI is InChI=1S/C15H23NO2S/c1-4-13-10(2)8-14(19-13)15(18)16-7-5-6-12(9-16)11(3)17/h8,11-12,17H,4-7,9H2,1-3H3. The number of aliphatic hydroxyl groups excluding tert-OH is 1. The maximum Gasteiger partial charge on any atom is 0.263 e. The predicted molar refractivity (Wildman–Crippen MR) is 78.7 cm³/mol. The number of carbonyl (C=O) groups is 1. The van der Waals surface area contributed by atoms with E-state index in [0.717, 1.165) is 30.7 Å². The molecule has 1 aliphatic rings. The van der Waals surface area contributed by atoms with Crippen molar-refractivity contribution in [2.24, 2.45) is 5.92 Å². The van der Waals surface area contributed by atoms with Gasteiger partial charge >= 0.3 is 0 Å². The summed E-state index contributed by atoms with van der Waals surface area (Å²) in [6.07, 6.45) is 2.67. The van der Waals surface area contributed by atoms with Crippen LogP contribution in [-0.2, 0) is 6.42 Å². The Morgan fingerprint density at radius 2 is 2.37 bits per heavy atom. The van der Waals surface area contributed by atoms with Gasteiger partial charge in [0.15, 0.2) is 0 Å². The van der Waals surface area contributed by atoms with Crippen LogP contribution in [0, 0.1) is 12.8 Å². The fraction of sp³-hybridized carbons (Fsp3) is 0.667. The summed E-state index contributed by atoms with van der Waals surface area (Å²) in [6, 6.07) is 2.01. The van der Waals surface area contributed by atoms with Crippen LogP contribution in [0.1, 0.15) is 46.8 Å². The van der Waals surface area contributed by atoms with E-state index in [9.17, 15) is 9.90 Å². The monoisotopic (exact) mass is 281 g/mol. The minimum Gasteiger partial charge on any atom is -0.393 e. The zero-order chi connectivity index (χ0) is 14.0. The first-order valence-electron chi connectivity index (χ1n) is 7.09. The number of hydrogen-bond acceptors (Lipinski definition) is 3. The number of amides is 1. The second kappa shape index (κ2) is 6.06. The van der Waals surface area contributed by atoms with Gasteiger partial charge in [-0.05, 0) is 44.7 Å². The molecule has 0 spiro atoms. The lowest BCUT2D eigenvalue weighted by atomic mass is 9.93. The highest BCUT2D eigenvalue weighted by molar-refractivity contribution is 7.14. The molecule has 1 amide bonds. The molecule has 0 aromatic carbocycles. The summed E-state index contributed by atoms with van der Waals surface area (Å²) in [7, 11) is 0. The van der Waals surface area contributed by atoms with Gasteiger partial charge in [-0.3, -0.25) is 4.79 Å². The highest BCUT2D eigenvalue weighted by atomic mass is 32.1. The van der Waals surface area contributed by atoms with Crippen molar-refractivity contribution in [3.05, 3.63) is 21.4 Å². The highest BCUT2D eigenvalue weighted by Crippen LogP contribution is 2.26. The van der Waals surface area contributed by atoms with Gasteiger partial charge in [0.25, 0.3) is 5.91 Å². The SMILES string of the molecule is CCc1sc(C(=O)N2CCCC(C(C)O)C2)cc1C. The molecule has 1 N–H and O–H groups in total. The van der Waals surface area contributed by atoms with E-state index in [1.165, 1.54) is 10.4 Å². The first kappa shape index (κ1) is 14.5. The van der Waals surface area contributed by atoms with Crippen molar-refractivity contribution in [3.63, 3.8) is 0 Å². The van der Waals surface area contributed by atoms with E-state index in [1.54, 1.807) is 11.3 Å². The predicted octanol–water partition coefficient (Wildman–Crippen LogP) is 2.85. The van der Waals surface area contributed by atoms with Gasteiger partial charge in [-0.2, -0.15) is 0 Å². The fourth-order valence-corrected chi connectivity index (χ4v) is 3.80. The van der Waals surface area contributed by atoms with Crippen LogP contribution < -0.4 is 0 Å². The molecule has 2 heterocycles. The van der Waals surface area contributed by atoms with E-state index in [-0.39, 0.29) is 17.9 Å². The number of thiophene rings is 1. The number of likely N-dealkylation sites (tertiary alicyclic amines) is 1. The lowest BCUT2D eigenvalue weighted by Gasteiger charge is -2.33. The molecule has 2 atom stereocenters. The van der Waals surface area contributed by atoms with Crippen LogP contribution >= 0.6 is 11.3 Å². The molecular weight excluding hydrogens is 258 g/mol. The molecule has 1 fully saturated rings. The number of aliphatic hydroxyl groups is 1. The summed E-state index contributed by atoms with van der Waals surface area (Å²) in [5.41, 5.74) is 1.22. The molecule has 4 heteroatoms. The molecule has 19 heavy (non-hydrogen) atoms. The average molecular weight is 281 g/mol. The Kier molecular flexibility index (Phi) is 4.63. The molecule has 0 radical (unpaired) electrons. The third-order valence-electron chi connectivity index (χ3n) is 3.98. The Balaban J connectivity index is 2.10. The second-order valence-electron chi connectivity index (χ2n) is 5.46. The molecule has 2 rings (SSSR count). The number of nitrogens with zero attached hydrogens (tertiary/aromatic N) is 1. The van der Waals surface area contributed by atoms with Gasteiger partial charge in [-0.1, -0.05) is 6.92 Å². The van der Waals surface area contributed by atoms with Gasteiger partial charge < -0.3 is 10.0 Å². The number of piperidine rings is 1. The second-order valence-corrected chi connectivity index (χ2v) is 6.60. The average Bonchev–Trinajstić information content (AvgIpc) is 2.79. The Hall–Kier alpha value is -0.870. The summed E-state index contributed by atoms with van der Waals surface area (Å²) in [5.74, 6) is 0.363. The number of aryl methyl sites for hydroxylation is 2. The minimum atomic E-state index is -0.327. The van der Waals surface area contributed by atoms with Gasteiger partial charge in [0, 0.05) is 23.9 Å². The van der Waals surface area contributed by atoms with Crippen LogP contribution in [0.2, 0.25) is 0 Å². The maximum atomic E-state index is 12.5. The molecule has 1 aromatic heterocycles. The number of carbonyl (C=O) groups excluding carboxylic acids is 1. The van der Waals surface area contributed by atoms with E-state index in [2.05, 4.69) is 13.8 Å². The van der Waals surface area contributed by atoms with Gasteiger partial charge in [0.2, 0.25) is 0 Å². The molecule has 106 valence electrons. The van der Waals surface area contributed by atoms with Crippen LogP contribution in [0.25, 0.3) is 0 Å². The van der Waals surface area contributed by atoms with Crippen molar-refractivity contribution < 1.29 is 9.90 Å². The van der Waals surface area contributed by atoms with Crippen LogP contribution in [-0.4, -0.2) is 35.1 Å². The topological polar surface area (TPSA) is 40.5 Å². The molecule has 0 aliphatic carbocycles. The van der Waals surface area contributed by atoms with Crippen molar-refractivity contribution in [2.75, 3.05) is 13.1 Å². The summed E-state index contributed by atoms with van der Waals surface area (Å²) >= 11 is 1.62. The number of rotatable bonds is 3. The smallest absolute Gasteiger partial charge is 0.263 e. The van der Waals surface area contributed by atoms with Crippen molar-refractivity contribution in [2.45, 2.75) is 46.1 Å². The molecule has 0 bridgehead atoms. The molecule has 2 unspecified atom stereocenters. The molecule has 1 aliphatic heterocycles. The Bertz CT molecular complexity index is 453. The van der Waals surface area contributed by atoms with Crippen LogP contribution in [0.15, 0.2) is 6.07 Å². The fourth-order valence-electron chi connectivity index (χ4n) is 2.72. The quantitative estimate of drug-likeness (QED) is 0.925. The summed E-state index contributed by atoms with van der Waals surface area (Å²) in [5, 5.41) is 9.70. The summed E-state index contributed by atoms with van der Waals surface area (Å²) in [6.45, 7) is 7.52. The van der Waals surface area contributed by atoms with E-state index < -0.39 is 0 Å². The number of hydrogen-bond donors (Lipinski definition) is 1. The lowest BCUT2D eigenvalue weighted by Crippen LogP contribution is -2.42. The van der Waals surface area contributed by atoms with E-state index in [0.29, 0.717) is 6.54 Å². The van der Waals surface area contributed by atoms with Gasteiger partial charge in [-0.15, -0.1) is 11.3 Å². The third-order valence-corrected chi connectivity index (χ3v) is 5.35. The maximum absolute atomic E-state index is 12.5. The van der Waals surface area contributed by atoms with Crippen molar-refractivity contribution >= 4 is 17.2 Å². The molecule has 0 saturated carbocycles. The Morgan fingerprint density at radius 1 is 1.63 bits per heavy atom. The largest absolute Gasteiger partial charge is 0.393 e. The van der Waals surface area contributed by atoms with Crippen molar-refractivity contribution in [1.29, 1.82) is 0 Å². The normalized spacial score (nSPS) is 21.5. The first-order chi connectivity index (χ1) is 9.02. The van der Waals surface area contributed by atoms with Gasteiger partial charge in [-0.25, -0.2) is 0 Å². The lowest BCUT2D eigenvalue weighted by molar-refractivity contribution is 0.0469. The molecule has 1 saturated heterocycles. The molecule has 3 nitrogen and oxygen atoms in total. The van der Waals surface area contributed by atoms with Gasteiger partial charge in [0.05, 0.1) is 11.0 Å². The Morgan fingerprint density at radius 3 is 2.95 bits per heavy atom. The zero-order valence-electron chi connectivity index (χ0n) is 12.0. The van der Waals surface area contributed by atoms with E-state index in [1.807, 2.05) is 17.9 Å². The first-order valence-corrected chi connectivity index (χ1v) is 7.91. The van der Waals surface area contributed by atoms with Crippen LogP contribution in [0.5, 0.6) is 0 Å². The highest BCUT2D eigenvalue weighted by Gasteiger charge is 2.27. The summed E-state index contributed by atoms with van der Waals surface area (Å²) < 4.78 is 0. The molecule has 1 aromatic rings. The van der Waals surface area contributed by atoms with Crippen molar-refractivity contribution in [1.82, 2.24) is 4.90 Å². The van der Waals surface area contributed by atoms with Crippen LogP contribution in [0.4, 0.5) is 0 Å². The Labute approximate surface area is 119 Å². The van der Waals surface area contributed by atoms with E-state index in [4.69, 9.17) is 0 Å². The van der Waals surface area contributed by atoms with Gasteiger partial charge in [0.1, 0.15) is 0 Å².